The normalized spacial score (nSPS) is 10.9. The van der Waals surface area contributed by atoms with Crippen LogP contribution < -0.4 is 0 Å². The van der Waals surface area contributed by atoms with Gasteiger partial charge in [0.2, 0.25) is 0 Å². The first-order valence-corrected chi connectivity index (χ1v) is 5.98. The fourth-order valence-corrected chi connectivity index (χ4v) is 1.53. The molecule has 4 nitrogen and oxygen atoms in total. The van der Waals surface area contributed by atoms with Crippen molar-refractivity contribution in [3.63, 3.8) is 0 Å². The topological polar surface area (TPSA) is 44.9 Å². The molecule has 0 spiro atoms. The van der Waals surface area contributed by atoms with Gasteiger partial charge in [-0.3, -0.25) is 10.0 Å². The molecule has 0 saturated heterocycles. The number of rotatable bonds is 4. The van der Waals surface area contributed by atoms with Gasteiger partial charge < -0.3 is 0 Å². The van der Waals surface area contributed by atoms with E-state index in [0.29, 0.717) is 17.0 Å². The molecule has 0 aliphatic carbocycles. The maximum atomic E-state index is 13.2. The number of hydrogen-bond donors (Lipinski definition) is 1. The van der Waals surface area contributed by atoms with Crippen molar-refractivity contribution in [1.29, 1.82) is 0 Å². The summed E-state index contributed by atoms with van der Waals surface area (Å²) in [5, 5.41) is 10.4. The van der Waals surface area contributed by atoms with E-state index in [-0.39, 0.29) is 12.2 Å². The quantitative estimate of drug-likeness (QED) is 0.513. The molecule has 0 aromatic heterocycles. The number of benzene rings is 1. The summed E-state index contributed by atoms with van der Waals surface area (Å²) >= 11 is 0. The largest absolute Gasteiger partial charge is 0.286 e. The molecule has 0 aliphatic rings. The predicted octanol–water partition coefficient (Wildman–Crippen LogP) is 3.53. The van der Waals surface area contributed by atoms with E-state index in [4.69, 9.17) is 6.57 Å². The summed E-state index contributed by atoms with van der Waals surface area (Å²) in [7, 11) is 0. The van der Waals surface area contributed by atoms with Crippen molar-refractivity contribution in [2.45, 2.75) is 33.7 Å². The van der Waals surface area contributed by atoms with Gasteiger partial charge in [0.1, 0.15) is 5.82 Å². The van der Waals surface area contributed by atoms with Crippen molar-refractivity contribution in [1.82, 2.24) is 5.06 Å². The smallest absolute Gasteiger partial charge is 0.251 e. The summed E-state index contributed by atoms with van der Waals surface area (Å²) in [5.74, 6) is -0.984. The van der Waals surface area contributed by atoms with Crippen LogP contribution in [0.1, 0.15) is 32.8 Å². The molecule has 1 aromatic rings. The van der Waals surface area contributed by atoms with Crippen LogP contribution in [0.15, 0.2) is 18.2 Å². The van der Waals surface area contributed by atoms with E-state index in [1.807, 2.05) is 6.92 Å². The molecule has 0 heterocycles. The van der Waals surface area contributed by atoms with Crippen LogP contribution in [0, 0.1) is 17.8 Å². The monoisotopic (exact) mass is 264 g/mol. The second-order valence-corrected chi connectivity index (χ2v) is 5.03. The molecule has 1 rings (SSSR count). The molecule has 1 amide bonds. The van der Waals surface area contributed by atoms with Crippen molar-refractivity contribution >= 4 is 11.6 Å². The van der Waals surface area contributed by atoms with Gasteiger partial charge in [0.25, 0.3) is 5.91 Å². The highest BCUT2D eigenvalue weighted by molar-refractivity contribution is 5.80. The Kier molecular flexibility index (Phi) is 4.62. The highest BCUT2D eigenvalue weighted by Gasteiger charge is 2.29. The van der Waals surface area contributed by atoms with E-state index in [0.717, 1.165) is 6.07 Å². The standard InChI is InChI=1S/C14H17FN2O2/c1-5-14(2,3)13(18)17(19)9-10-6-11(15)8-12(7-10)16-4/h6-8,19H,5,9H2,1-3H3. The number of hydroxylamine groups is 2. The average molecular weight is 264 g/mol. The van der Waals surface area contributed by atoms with Gasteiger partial charge >= 0.3 is 0 Å². The summed E-state index contributed by atoms with van der Waals surface area (Å²) in [4.78, 5) is 15.1. The molecule has 0 atom stereocenters. The Balaban J connectivity index is 2.89. The van der Waals surface area contributed by atoms with Gasteiger partial charge in [-0.2, -0.15) is 0 Å². The molecule has 102 valence electrons. The fraction of sp³-hybridized carbons (Fsp3) is 0.429. The van der Waals surface area contributed by atoms with E-state index in [2.05, 4.69) is 4.85 Å². The Bertz CT molecular complexity index is 521. The first-order chi connectivity index (χ1) is 8.80. The van der Waals surface area contributed by atoms with Gasteiger partial charge in [0.15, 0.2) is 5.69 Å². The summed E-state index contributed by atoms with van der Waals surface area (Å²) in [6, 6.07) is 3.76. The molecular formula is C14H17FN2O2. The lowest BCUT2D eigenvalue weighted by molar-refractivity contribution is -0.178. The van der Waals surface area contributed by atoms with Crippen LogP contribution in [0.3, 0.4) is 0 Å². The van der Waals surface area contributed by atoms with Gasteiger partial charge in [-0.05, 0) is 24.1 Å². The highest BCUT2D eigenvalue weighted by atomic mass is 19.1. The lowest BCUT2D eigenvalue weighted by Gasteiger charge is -2.26. The number of carbonyl (C=O) groups is 1. The fourth-order valence-electron chi connectivity index (χ4n) is 1.53. The Morgan fingerprint density at radius 1 is 1.47 bits per heavy atom. The van der Waals surface area contributed by atoms with Crippen LogP contribution in [0.2, 0.25) is 0 Å². The first kappa shape index (κ1) is 15.1. The van der Waals surface area contributed by atoms with Gasteiger partial charge in [-0.25, -0.2) is 14.3 Å². The summed E-state index contributed by atoms with van der Waals surface area (Å²) in [6.45, 7) is 12.0. The molecule has 0 fully saturated rings. The molecular weight excluding hydrogens is 247 g/mol. The van der Waals surface area contributed by atoms with Crippen LogP contribution in [0.5, 0.6) is 0 Å². The van der Waals surface area contributed by atoms with Gasteiger partial charge in [0, 0.05) is 5.41 Å². The van der Waals surface area contributed by atoms with Crippen molar-refractivity contribution in [3.8, 4) is 0 Å². The Morgan fingerprint density at radius 2 is 2.11 bits per heavy atom. The van der Waals surface area contributed by atoms with Crippen molar-refractivity contribution in [2.24, 2.45) is 5.41 Å². The summed E-state index contributed by atoms with van der Waals surface area (Å²) < 4.78 is 13.2. The molecule has 0 unspecified atom stereocenters. The minimum absolute atomic E-state index is 0.136. The zero-order valence-electron chi connectivity index (χ0n) is 11.3. The second-order valence-electron chi connectivity index (χ2n) is 5.03. The van der Waals surface area contributed by atoms with Crippen molar-refractivity contribution < 1.29 is 14.4 Å². The lowest BCUT2D eigenvalue weighted by Crippen LogP contribution is -2.38. The molecule has 1 aromatic carbocycles. The average Bonchev–Trinajstić information content (AvgIpc) is 2.36. The summed E-state index contributed by atoms with van der Waals surface area (Å²) in [6.07, 6.45) is 0.583. The van der Waals surface area contributed by atoms with E-state index in [1.165, 1.54) is 12.1 Å². The van der Waals surface area contributed by atoms with E-state index in [9.17, 15) is 14.4 Å². The number of halogens is 1. The molecule has 19 heavy (non-hydrogen) atoms. The third kappa shape index (κ3) is 3.76. The van der Waals surface area contributed by atoms with Crippen LogP contribution in [0.25, 0.3) is 4.85 Å². The Morgan fingerprint density at radius 3 is 2.63 bits per heavy atom. The molecule has 0 radical (unpaired) electrons. The SMILES string of the molecule is [C-]#[N+]c1cc(F)cc(CN(O)C(=O)C(C)(C)CC)c1. The van der Waals surface area contributed by atoms with E-state index < -0.39 is 17.1 Å². The number of hydrogen-bond acceptors (Lipinski definition) is 2. The molecule has 0 bridgehead atoms. The minimum atomic E-state index is -0.676. The number of carbonyl (C=O) groups excluding carboxylic acids is 1. The second kappa shape index (κ2) is 5.81. The van der Waals surface area contributed by atoms with Crippen LogP contribution >= 0.6 is 0 Å². The molecule has 0 aliphatic heterocycles. The van der Waals surface area contributed by atoms with Crippen LogP contribution in [-0.4, -0.2) is 16.2 Å². The first-order valence-electron chi connectivity index (χ1n) is 5.98. The highest BCUT2D eigenvalue weighted by Crippen LogP contribution is 2.24. The Labute approximate surface area is 112 Å². The molecule has 5 heteroatoms. The lowest BCUT2D eigenvalue weighted by atomic mass is 9.89. The minimum Gasteiger partial charge on any atom is -0.286 e. The van der Waals surface area contributed by atoms with Crippen LogP contribution in [0.4, 0.5) is 10.1 Å². The van der Waals surface area contributed by atoms with Gasteiger partial charge in [0.05, 0.1) is 13.1 Å². The molecule has 1 N–H and O–H groups in total. The van der Waals surface area contributed by atoms with Crippen molar-refractivity contribution in [3.05, 3.63) is 41.0 Å². The van der Waals surface area contributed by atoms with Crippen molar-refractivity contribution in [2.75, 3.05) is 0 Å². The predicted molar refractivity (Wildman–Crippen MR) is 69.1 cm³/mol. The zero-order chi connectivity index (χ0) is 14.6. The van der Waals surface area contributed by atoms with Gasteiger partial charge in [-0.1, -0.05) is 26.8 Å². The third-order valence-corrected chi connectivity index (χ3v) is 3.10. The third-order valence-electron chi connectivity index (χ3n) is 3.10. The van der Waals surface area contributed by atoms with E-state index >= 15 is 0 Å². The van der Waals surface area contributed by atoms with Gasteiger partial charge in [-0.15, -0.1) is 0 Å². The maximum absolute atomic E-state index is 13.2. The summed E-state index contributed by atoms with van der Waals surface area (Å²) in [5.41, 5.74) is -0.149. The zero-order valence-corrected chi connectivity index (χ0v) is 11.3. The maximum Gasteiger partial charge on any atom is 0.251 e. The number of amides is 1. The Hall–Kier alpha value is -1.93. The molecule has 0 saturated carbocycles. The number of nitrogens with zero attached hydrogens (tertiary/aromatic N) is 2. The van der Waals surface area contributed by atoms with E-state index in [1.54, 1.807) is 13.8 Å². The van der Waals surface area contributed by atoms with Crippen LogP contribution in [-0.2, 0) is 11.3 Å².